The zero-order valence-corrected chi connectivity index (χ0v) is 8.90. The summed E-state index contributed by atoms with van der Waals surface area (Å²) in [6.07, 6.45) is 1.01. The van der Waals surface area contributed by atoms with Crippen LogP contribution in [0.1, 0.15) is 12.5 Å². The summed E-state index contributed by atoms with van der Waals surface area (Å²) in [6.45, 7) is 2.14. The number of nitrogens with one attached hydrogen (secondary N) is 1. The third-order valence-corrected chi connectivity index (χ3v) is 2.69. The van der Waals surface area contributed by atoms with Crippen LogP contribution in [0.5, 0.6) is 0 Å². The van der Waals surface area contributed by atoms with Crippen LogP contribution in [0.4, 0.5) is 0 Å². The summed E-state index contributed by atoms with van der Waals surface area (Å²) >= 11 is 5.17. The molecule has 0 aliphatic rings. The Hall–Kier alpha value is -0.890. The Balaban J connectivity index is 2.55. The number of benzene rings is 1. The first kappa shape index (κ1) is 10.2. The van der Waals surface area contributed by atoms with Gasteiger partial charge in [0.1, 0.15) is 0 Å². The fourth-order valence-electron chi connectivity index (χ4n) is 1.31. The van der Waals surface area contributed by atoms with Gasteiger partial charge in [0.05, 0.1) is 4.99 Å². The highest BCUT2D eigenvalue weighted by Crippen LogP contribution is 2.08. The molecule has 13 heavy (non-hydrogen) atoms. The average Bonchev–Trinajstić information content (AvgIpc) is 2.18. The van der Waals surface area contributed by atoms with E-state index in [0.29, 0.717) is 5.92 Å². The van der Waals surface area contributed by atoms with E-state index in [1.165, 1.54) is 5.56 Å². The van der Waals surface area contributed by atoms with Crippen LogP contribution in [0.25, 0.3) is 0 Å². The highest BCUT2D eigenvalue weighted by atomic mass is 32.1. The lowest BCUT2D eigenvalue weighted by atomic mass is 10.0. The first-order valence-electron chi connectivity index (χ1n) is 4.49. The van der Waals surface area contributed by atoms with Crippen LogP contribution in [-0.2, 0) is 6.42 Å². The van der Waals surface area contributed by atoms with Crippen LogP contribution in [-0.4, -0.2) is 12.0 Å². The summed E-state index contributed by atoms with van der Waals surface area (Å²) in [5.74, 6) is 0.419. The third kappa shape index (κ3) is 3.15. The van der Waals surface area contributed by atoms with E-state index in [1.54, 1.807) is 0 Å². The lowest BCUT2D eigenvalue weighted by Gasteiger charge is -2.12. The quantitative estimate of drug-likeness (QED) is 0.740. The summed E-state index contributed by atoms with van der Waals surface area (Å²) in [6, 6.07) is 10.4. The minimum atomic E-state index is 0.419. The highest BCUT2D eigenvalue weighted by Gasteiger charge is 2.06. The molecule has 1 aromatic carbocycles. The minimum absolute atomic E-state index is 0.419. The van der Waals surface area contributed by atoms with Crippen LogP contribution in [0, 0.1) is 5.92 Å². The summed E-state index contributed by atoms with van der Waals surface area (Å²) in [7, 11) is 1.88. The fourth-order valence-corrected chi connectivity index (χ4v) is 1.39. The van der Waals surface area contributed by atoms with Gasteiger partial charge in [0.25, 0.3) is 0 Å². The van der Waals surface area contributed by atoms with E-state index in [0.717, 1.165) is 11.4 Å². The van der Waals surface area contributed by atoms with Crippen LogP contribution in [0.15, 0.2) is 30.3 Å². The van der Waals surface area contributed by atoms with Gasteiger partial charge in [-0.15, -0.1) is 0 Å². The van der Waals surface area contributed by atoms with Gasteiger partial charge in [-0.1, -0.05) is 49.5 Å². The maximum Gasteiger partial charge on any atom is 0.0782 e. The molecule has 0 aliphatic heterocycles. The van der Waals surface area contributed by atoms with Crippen molar-refractivity contribution in [3.63, 3.8) is 0 Å². The van der Waals surface area contributed by atoms with Crippen molar-refractivity contribution < 1.29 is 0 Å². The zero-order chi connectivity index (χ0) is 9.68. The van der Waals surface area contributed by atoms with Crippen LogP contribution < -0.4 is 5.32 Å². The Morgan fingerprint density at radius 2 is 2.00 bits per heavy atom. The molecule has 0 spiro atoms. The van der Waals surface area contributed by atoms with E-state index < -0.39 is 0 Å². The van der Waals surface area contributed by atoms with E-state index in [9.17, 15) is 0 Å². The predicted molar refractivity (Wildman–Crippen MR) is 61.0 cm³/mol. The number of hydrogen-bond acceptors (Lipinski definition) is 1. The molecule has 1 rings (SSSR count). The number of rotatable bonds is 3. The van der Waals surface area contributed by atoms with Crippen molar-refractivity contribution in [3.8, 4) is 0 Å². The maximum absolute atomic E-state index is 5.17. The van der Waals surface area contributed by atoms with Crippen LogP contribution in [0.2, 0.25) is 0 Å². The summed E-state index contributed by atoms with van der Waals surface area (Å²) < 4.78 is 0. The van der Waals surface area contributed by atoms with Gasteiger partial charge in [-0.2, -0.15) is 0 Å². The maximum atomic E-state index is 5.17. The molecule has 0 heterocycles. The molecule has 0 aromatic heterocycles. The molecule has 1 N–H and O–H groups in total. The first-order valence-corrected chi connectivity index (χ1v) is 4.90. The third-order valence-electron chi connectivity index (χ3n) is 2.08. The van der Waals surface area contributed by atoms with Gasteiger partial charge in [0.2, 0.25) is 0 Å². The van der Waals surface area contributed by atoms with Gasteiger partial charge in [-0.25, -0.2) is 0 Å². The molecule has 1 atom stereocenters. The standard InChI is InChI=1S/C11H15NS/c1-9(11(13)12-2)8-10-6-4-3-5-7-10/h3-7,9H,8H2,1-2H3,(H,12,13). The number of hydrogen-bond donors (Lipinski definition) is 1. The van der Waals surface area contributed by atoms with Crippen molar-refractivity contribution >= 4 is 17.2 Å². The second kappa shape index (κ2) is 4.97. The van der Waals surface area contributed by atoms with Crippen LogP contribution in [0.3, 0.4) is 0 Å². The first-order chi connectivity index (χ1) is 6.24. The van der Waals surface area contributed by atoms with Crippen molar-refractivity contribution in [2.75, 3.05) is 7.05 Å². The lowest BCUT2D eigenvalue weighted by molar-refractivity contribution is 0.754. The van der Waals surface area contributed by atoms with Crippen molar-refractivity contribution in [3.05, 3.63) is 35.9 Å². The Morgan fingerprint density at radius 1 is 1.38 bits per heavy atom. The van der Waals surface area contributed by atoms with Crippen molar-refractivity contribution in [1.82, 2.24) is 5.32 Å². The fraction of sp³-hybridized carbons (Fsp3) is 0.364. The molecule has 0 radical (unpaired) electrons. The summed E-state index contributed by atoms with van der Waals surface area (Å²) in [5.41, 5.74) is 1.34. The van der Waals surface area contributed by atoms with Gasteiger partial charge < -0.3 is 5.32 Å². The van der Waals surface area contributed by atoms with Gasteiger partial charge in [0, 0.05) is 13.0 Å². The molecule has 0 saturated carbocycles. The predicted octanol–water partition coefficient (Wildman–Crippen LogP) is 2.41. The average molecular weight is 193 g/mol. The molecule has 0 amide bonds. The monoisotopic (exact) mass is 193 g/mol. The number of thiocarbonyl (C=S) groups is 1. The van der Waals surface area contributed by atoms with Gasteiger partial charge in [-0.05, 0) is 12.0 Å². The summed E-state index contributed by atoms with van der Waals surface area (Å²) in [4.78, 5) is 0.934. The molecular formula is C11H15NS. The van der Waals surface area contributed by atoms with E-state index in [1.807, 2.05) is 13.1 Å². The molecular weight excluding hydrogens is 178 g/mol. The Morgan fingerprint density at radius 3 is 2.54 bits per heavy atom. The Labute approximate surface area is 85.2 Å². The van der Waals surface area contributed by atoms with Crippen molar-refractivity contribution in [1.29, 1.82) is 0 Å². The Bertz CT molecular complexity index is 269. The van der Waals surface area contributed by atoms with E-state index in [4.69, 9.17) is 12.2 Å². The van der Waals surface area contributed by atoms with E-state index in [2.05, 4.69) is 36.5 Å². The smallest absolute Gasteiger partial charge is 0.0782 e. The van der Waals surface area contributed by atoms with Crippen LogP contribution >= 0.6 is 12.2 Å². The molecule has 2 heteroatoms. The normalized spacial score (nSPS) is 12.2. The molecule has 1 nitrogen and oxygen atoms in total. The zero-order valence-electron chi connectivity index (χ0n) is 8.08. The molecule has 0 bridgehead atoms. The molecule has 0 saturated heterocycles. The lowest BCUT2D eigenvalue weighted by Crippen LogP contribution is -2.24. The van der Waals surface area contributed by atoms with Gasteiger partial charge >= 0.3 is 0 Å². The SMILES string of the molecule is CNC(=S)C(C)Cc1ccccc1. The van der Waals surface area contributed by atoms with Crippen molar-refractivity contribution in [2.45, 2.75) is 13.3 Å². The van der Waals surface area contributed by atoms with Crippen molar-refractivity contribution in [2.24, 2.45) is 5.92 Å². The largest absolute Gasteiger partial charge is 0.383 e. The van der Waals surface area contributed by atoms with E-state index in [-0.39, 0.29) is 0 Å². The summed E-state index contributed by atoms with van der Waals surface area (Å²) in [5, 5.41) is 3.02. The molecule has 70 valence electrons. The highest BCUT2D eigenvalue weighted by molar-refractivity contribution is 7.80. The molecule has 0 aliphatic carbocycles. The second-order valence-corrected chi connectivity index (χ2v) is 3.64. The Kier molecular flexibility index (Phi) is 3.90. The van der Waals surface area contributed by atoms with Gasteiger partial charge in [0.15, 0.2) is 0 Å². The van der Waals surface area contributed by atoms with Gasteiger partial charge in [-0.3, -0.25) is 0 Å². The topological polar surface area (TPSA) is 12.0 Å². The molecule has 1 unspecified atom stereocenters. The molecule has 1 aromatic rings. The molecule has 0 fully saturated rings. The van der Waals surface area contributed by atoms with E-state index >= 15 is 0 Å². The second-order valence-electron chi connectivity index (χ2n) is 3.21. The minimum Gasteiger partial charge on any atom is -0.383 e.